The van der Waals surface area contributed by atoms with Gasteiger partial charge in [0.2, 0.25) is 0 Å². The Morgan fingerprint density at radius 3 is 2.52 bits per heavy atom. The van der Waals surface area contributed by atoms with Gasteiger partial charge >= 0.3 is 5.97 Å². The number of carbonyl (C=O) groups is 1. The predicted molar refractivity (Wildman–Crippen MR) is 110 cm³/mol. The summed E-state index contributed by atoms with van der Waals surface area (Å²) < 4.78 is 28.3. The maximum absolute atomic E-state index is 13.7. The van der Waals surface area contributed by atoms with Gasteiger partial charge in [-0.25, -0.2) is 23.1 Å². The number of pyridine rings is 1. The molecule has 31 heavy (non-hydrogen) atoms. The smallest absolute Gasteiger partial charge is 0.312 e. The highest BCUT2D eigenvalue weighted by molar-refractivity contribution is 6.00. The van der Waals surface area contributed by atoms with E-state index in [2.05, 4.69) is 20.2 Å². The van der Waals surface area contributed by atoms with E-state index in [1.54, 1.807) is 43.6 Å². The molecule has 3 aromatic heterocycles. The van der Waals surface area contributed by atoms with Crippen molar-refractivity contribution in [3.8, 4) is 11.3 Å². The second kappa shape index (κ2) is 8.39. The van der Waals surface area contributed by atoms with Crippen LogP contribution in [-0.4, -0.2) is 31.3 Å². The second-order valence-electron chi connectivity index (χ2n) is 6.82. The number of fused-ring (bicyclic) bond motifs is 1. The molecule has 0 fully saturated rings. The van der Waals surface area contributed by atoms with Crippen LogP contribution in [0.5, 0.6) is 0 Å². The highest BCUT2D eigenvalue weighted by Crippen LogP contribution is 2.27. The Balaban J connectivity index is 1.73. The molecule has 0 N–H and O–H groups in total. The minimum atomic E-state index is -2.81. The third-order valence-electron chi connectivity index (χ3n) is 4.65. The summed E-state index contributed by atoms with van der Waals surface area (Å²) in [7, 11) is 0. The lowest BCUT2D eigenvalue weighted by Crippen LogP contribution is -2.07. The van der Waals surface area contributed by atoms with E-state index in [4.69, 9.17) is 4.84 Å². The van der Waals surface area contributed by atoms with Gasteiger partial charge in [0.05, 0.1) is 17.6 Å². The van der Waals surface area contributed by atoms with Gasteiger partial charge in [-0.2, -0.15) is 5.10 Å². The van der Waals surface area contributed by atoms with Gasteiger partial charge in [-0.3, -0.25) is 4.98 Å². The number of benzene rings is 1. The number of hydrogen-bond donors (Lipinski definition) is 0. The number of nitrogens with zero attached hydrogens (tertiary/aromatic N) is 5. The van der Waals surface area contributed by atoms with E-state index in [9.17, 15) is 13.6 Å². The molecule has 3 heterocycles. The van der Waals surface area contributed by atoms with Crippen LogP contribution in [0, 0.1) is 6.92 Å². The lowest BCUT2D eigenvalue weighted by Gasteiger charge is -2.08. The van der Waals surface area contributed by atoms with Crippen molar-refractivity contribution in [2.45, 2.75) is 20.3 Å². The number of aryl methyl sites for hydroxylation is 1. The van der Waals surface area contributed by atoms with Crippen molar-refractivity contribution in [1.29, 1.82) is 0 Å². The molecule has 9 heteroatoms. The normalized spacial score (nSPS) is 11.8. The molecule has 0 saturated carbocycles. The summed E-state index contributed by atoms with van der Waals surface area (Å²) in [5, 5.41) is 7.74. The van der Waals surface area contributed by atoms with Crippen LogP contribution in [0.25, 0.3) is 16.9 Å². The first-order valence-corrected chi connectivity index (χ1v) is 9.34. The summed E-state index contributed by atoms with van der Waals surface area (Å²) in [6.07, 6.45) is 1.51. The monoisotopic (exact) mass is 421 g/mol. The van der Waals surface area contributed by atoms with Crippen molar-refractivity contribution in [2.24, 2.45) is 5.16 Å². The van der Waals surface area contributed by atoms with E-state index in [0.717, 1.165) is 21.8 Å². The molecule has 0 amide bonds. The maximum Gasteiger partial charge on any atom is 0.371 e. The highest BCUT2D eigenvalue weighted by atomic mass is 19.3. The van der Waals surface area contributed by atoms with Gasteiger partial charge < -0.3 is 4.84 Å². The van der Waals surface area contributed by atoms with E-state index in [0.29, 0.717) is 17.0 Å². The zero-order chi connectivity index (χ0) is 22.0. The van der Waals surface area contributed by atoms with Gasteiger partial charge in [-0.05, 0) is 32.0 Å². The Morgan fingerprint density at radius 1 is 1.13 bits per heavy atom. The number of rotatable bonds is 5. The Kier molecular flexibility index (Phi) is 5.48. The zero-order valence-corrected chi connectivity index (χ0v) is 16.7. The fourth-order valence-electron chi connectivity index (χ4n) is 2.96. The van der Waals surface area contributed by atoms with Gasteiger partial charge in [-0.15, -0.1) is 0 Å². The standard InChI is InChI=1S/C22H17F2N5O2/c1-13-3-5-16(6-4-13)18-11-19(20(23)24)29-21(27-18)17(12-26-29)22(30)31-28-14(2)15-7-9-25-10-8-15/h3-12,20H,1-2H3. The van der Waals surface area contributed by atoms with Crippen LogP contribution >= 0.6 is 0 Å². The third kappa shape index (κ3) is 4.16. The topological polar surface area (TPSA) is 81.7 Å². The summed E-state index contributed by atoms with van der Waals surface area (Å²) in [6.45, 7) is 3.59. The Morgan fingerprint density at radius 2 is 1.84 bits per heavy atom. The highest BCUT2D eigenvalue weighted by Gasteiger charge is 2.22. The molecule has 0 saturated heterocycles. The third-order valence-corrected chi connectivity index (χ3v) is 4.65. The van der Waals surface area contributed by atoms with E-state index in [1.807, 2.05) is 19.1 Å². The number of carbonyl (C=O) groups excluding carboxylic acids is 1. The zero-order valence-electron chi connectivity index (χ0n) is 16.7. The molecular formula is C22H17F2N5O2. The Bertz CT molecular complexity index is 1270. The van der Waals surface area contributed by atoms with Crippen molar-refractivity contribution < 1.29 is 18.4 Å². The van der Waals surface area contributed by atoms with E-state index < -0.39 is 12.4 Å². The molecule has 0 aliphatic heterocycles. The number of aromatic nitrogens is 4. The van der Waals surface area contributed by atoms with E-state index in [-0.39, 0.29) is 16.9 Å². The van der Waals surface area contributed by atoms with Crippen LogP contribution in [0.2, 0.25) is 0 Å². The summed E-state index contributed by atoms with van der Waals surface area (Å²) in [6, 6.07) is 12.0. The Labute approximate surface area is 176 Å². The number of hydrogen-bond acceptors (Lipinski definition) is 6. The molecule has 1 aromatic carbocycles. The minimum Gasteiger partial charge on any atom is -0.312 e. The second-order valence-corrected chi connectivity index (χ2v) is 6.82. The van der Waals surface area contributed by atoms with Crippen LogP contribution in [0.1, 0.15) is 40.5 Å². The molecule has 7 nitrogen and oxygen atoms in total. The van der Waals surface area contributed by atoms with Gasteiger partial charge in [0.25, 0.3) is 6.43 Å². The lowest BCUT2D eigenvalue weighted by molar-refractivity contribution is 0.0518. The summed E-state index contributed by atoms with van der Waals surface area (Å²) in [4.78, 5) is 25.9. The van der Waals surface area contributed by atoms with Crippen LogP contribution in [0.15, 0.2) is 66.2 Å². The van der Waals surface area contributed by atoms with Gasteiger partial charge in [-0.1, -0.05) is 35.0 Å². The van der Waals surface area contributed by atoms with Crippen molar-refractivity contribution in [3.63, 3.8) is 0 Å². The van der Waals surface area contributed by atoms with Crippen molar-refractivity contribution in [2.75, 3.05) is 0 Å². The molecule has 4 rings (SSSR count). The van der Waals surface area contributed by atoms with Gasteiger partial charge in [0.1, 0.15) is 11.3 Å². The molecule has 0 aliphatic carbocycles. The van der Waals surface area contributed by atoms with Crippen LogP contribution < -0.4 is 0 Å². The van der Waals surface area contributed by atoms with Gasteiger partial charge in [0, 0.05) is 23.5 Å². The average molecular weight is 421 g/mol. The van der Waals surface area contributed by atoms with Gasteiger partial charge in [0.15, 0.2) is 5.65 Å². The first-order chi connectivity index (χ1) is 14.9. The molecule has 0 unspecified atom stereocenters. The predicted octanol–water partition coefficient (Wildman–Crippen LogP) is 4.62. The summed E-state index contributed by atoms with van der Waals surface area (Å²) in [5.41, 5.74) is 2.66. The minimum absolute atomic E-state index is 0.0323. The molecule has 0 spiro atoms. The van der Waals surface area contributed by atoms with Crippen LogP contribution in [0.4, 0.5) is 8.78 Å². The molecule has 0 bridgehead atoms. The molecular weight excluding hydrogens is 404 g/mol. The maximum atomic E-state index is 13.7. The Hall–Kier alpha value is -4.01. The summed E-state index contributed by atoms with van der Waals surface area (Å²) >= 11 is 0. The molecule has 0 aliphatic rings. The van der Waals surface area contributed by atoms with Crippen LogP contribution in [-0.2, 0) is 4.84 Å². The quantitative estimate of drug-likeness (QED) is 0.267. The van der Waals surface area contributed by atoms with Crippen LogP contribution in [0.3, 0.4) is 0 Å². The fraction of sp³-hybridized carbons (Fsp3) is 0.136. The number of halogens is 2. The van der Waals surface area contributed by atoms with Crippen molar-refractivity contribution in [1.82, 2.24) is 19.6 Å². The first kappa shape index (κ1) is 20.3. The molecule has 4 aromatic rings. The lowest BCUT2D eigenvalue weighted by atomic mass is 10.1. The SMILES string of the molecule is CC(=NOC(=O)c1cnn2c(C(F)F)cc(-c3ccc(C)cc3)nc12)c1ccncc1. The largest absolute Gasteiger partial charge is 0.371 e. The van der Waals surface area contributed by atoms with Crippen molar-refractivity contribution >= 4 is 17.3 Å². The molecule has 0 atom stereocenters. The van der Waals surface area contributed by atoms with Crippen molar-refractivity contribution in [3.05, 3.63) is 83.4 Å². The van der Waals surface area contributed by atoms with E-state index >= 15 is 0 Å². The first-order valence-electron chi connectivity index (χ1n) is 9.34. The summed E-state index contributed by atoms with van der Waals surface area (Å²) in [5.74, 6) is -0.850. The fourth-order valence-corrected chi connectivity index (χ4v) is 2.96. The average Bonchev–Trinajstić information content (AvgIpc) is 3.21. The molecule has 156 valence electrons. The molecule has 0 radical (unpaired) electrons. The number of oxime groups is 1. The van der Waals surface area contributed by atoms with E-state index in [1.165, 1.54) is 6.07 Å². The number of alkyl halides is 2.